The molecular weight excluding hydrogens is 284 g/mol. The van der Waals surface area contributed by atoms with Crippen molar-refractivity contribution in [2.75, 3.05) is 6.54 Å². The van der Waals surface area contributed by atoms with Gasteiger partial charge in [0, 0.05) is 12.8 Å². The summed E-state index contributed by atoms with van der Waals surface area (Å²) in [5.41, 5.74) is -0.157. The predicted molar refractivity (Wildman–Crippen MR) is 95.4 cm³/mol. The van der Waals surface area contributed by atoms with Gasteiger partial charge in [-0.3, -0.25) is 4.99 Å². The topological polar surface area (TPSA) is 21.6 Å². The molecule has 0 aromatic heterocycles. The van der Waals surface area contributed by atoms with Crippen LogP contribution in [-0.4, -0.2) is 28.5 Å². The highest BCUT2D eigenvalue weighted by atomic mass is 16.5. The highest BCUT2D eigenvalue weighted by Crippen LogP contribution is 2.46. The van der Waals surface area contributed by atoms with Crippen molar-refractivity contribution in [2.24, 2.45) is 4.99 Å². The van der Waals surface area contributed by atoms with Gasteiger partial charge in [0.15, 0.2) is 0 Å². The smallest absolute Gasteiger partial charge is 0.248 e. The van der Waals surface area contributed by atoms with Crippen LogP contribution in [0.2, 0.25) is 0 Å². The van der Waals surface area contributed by atoms with Gasteiger partial charge in [-0.05, 0) is 45.7 Å². The van der Waals surface area contributed by atoms with E-state index in [-0.39, 0.29) is 11.3 Å². The Labute approximate surface area is 140 Å². The Bertz CT molecular complexity index is 579. The highest BCUT2D eigenvalue weighted by molar-refractivity contribution is 5.60. The number of para-hydroxylation sites is 1. The summed E-state index contributed by atoms with van der Waals surface area (Å²) in [5, 5.41) is 0. The van der Waals surface area contributed by atoms with Gasteiger partial charge in [-0.15, -0.1) is 0 Å². The van der Waals surface area contributed by atoms with Crippen molar-refractivity contribution in [3.8, 4) is 5.75 Å². The van der Waals surface area contributed by atoms with Crippen molar-refractivity contribution in [2.45, 2.75) is 64.1 Å². The number of hydrogen-bond donors (Lipinski definition) is 0. The molecule has 1 fully saturated rings. The summed E-state index contributed by atoms with van der Waals surface area (Å²) in [7, 11) is 0. The van der Waals surface area contributed by atoms with Gasteiger partial charge in [0.25, 0.3) is 0 Å². The normalized spacial score (nSPS) is 26.9. The van der Waals surface area contributed by atoms with E-state index in [1.54, 1.807) is 0 Å². The fourth-order valence-electron chi connectivity index (χ4n) is 4.26. The molecule has 1 aromatic rings. The summed E-state index contributed by atoms with van der Waals surface area (Å²) >= 11 is 0. The van der Waals surface area contributed by atoms with Crippen LogP contribution in [0.3, 0.4) is 0 Å². The van der Waals surface area contributed by atoms with Crippen molar-refractivity contribution in [1.29, 1.82) is 0 Å². The van der Waals surface area contributed by atoms with E-state index in [0.29, 0.717) is 0 Å². The number of quaternary nitrogens is 1. The molecule has 0 spiro atoms. The van der Waals surface area contributed by atoms with E-state index in [1.165, 1.54) is 19.3 Å². The summed E-state index contributed by atoms with van der Waals surface area (Å²) in [6.45, 7) is 7.86. The molecule has 0 bridgehead atoms. The van der Waals surface area contributed by atoms with Gasteiger partial charge in [0.05, 0.1) is 18.0 Å². The summed E-state index contributed by atoms with van der Waals surface area (Å²) in [5.74, 6) is 0.979. The monoisotopic (exact) mass is 313 g/mol. The second-order valence-electron chi connectivity index (χ2n) is 7.77. The molecule has 1 heterocycles. The molecule has 23 heavy (non-hydrogen) atoms. The average molecular weight is 313 g/mol. The molecule has 0 saturated heterocycles. The van der Waals surface area contributed by atoms with Gasteiger partial charge in [-0.1, -0.05) is 24.6 Å². The van der Waals surface area contributed by atoms with Gasteiger partial charge < -0.3 is 4.74 Å². The molecule has 1 aromatic carbocycles. The molecule has 3 rings (SSSR count). The third-order valence-electron chi connectivity index (χ3n) is 5.49. The van der Waals surface area contributed by atoms with Gasteiger partial charge >= 0.3 is 0 Å². The zero-order valence-corrected chi connectivity index (χ0v) is 14.7. The lowest BCUT2D eigenvalue weighted by Crippen LogP contribution is -2.73. The number of rotatable bonds is 3. The van der Waals surface area contributed by atoms with Crippen LogP contribution in [0, 0.1) is 0 Å². The Balaban J connectivity index is 2.06. The van der Waals surface area contributed by atoms with Crippen LogP contribution in [0.4, 0.5) is 0 Å². The Kier molecular flexibility index (Phi) is 4.33. The molecule has 1 aliphatic carbocycles. The Hall–Kier alpha value is -1.61. The van der Waals surface area contributed by atoms with Gasteiger partial charge in [-0.2, -0.15) is 0 Å². The minimum absolute atomic E-state index is 0.0507. The molecule has 0 N–H and O–H groups in total. The highest BCUT2D eigenvalue weighted by Gasteiger charge is 2.58. The van der Waals surface area contributed by atoms with E-state index in [2.05, 4.69) is 62.4 Å². The fraction of sp³-hybridized carbons (Fsp3) is 0.550. The first-order valence-electron chi connectivity index (χ1n) is 8.81. The van der Waals surface area contributed by atoms with E-state index < -0.39 is 0 Å². The molecule has 1 aliphatic heterocycles. The Morgan fingerprint density at radius 2 is 1.74 bits per heavy atom. The van der Waals surface area contributed by atoms with Crippen molar-refractivity contribution < 1.29 is 9.22 Å². The van der Waals surface area contributed by atoms with Crippen LogP contribution in [-0.2, 0) is 0 Å². The van der Waals surface area contributed by atoms with E-state index in [9.17, 15) is 0 Å². The van der Waals surface area contributed by atoms with Crippen LogP contribution in [0.5, 0.6) is 5.75 Å². The van der Waals surface area contributed by atoms with Crippen molar-refractivity contribution in [1.82, 2.24) is 0 Å². The maximum atomic E-state index is 6.77. The van der Waals surface area contributed by atoms with E-state index in [0.717, 1.165) is 29.6 Å². The van der Waals surface area contributed by atoms with Gasteiger partial charge in [0.2, 0.25) is 5.72 Å². The lowest BCUT2D eigenvalue weighted by atomic mass is 9.83. The number of aliphatic imine (C=N–C) groups is 1. The van der Waals surface area contributed by atoms with Crippen LogP contribution >= 0.6 is 0 Å². The van der Waals surface area contributed by atoms with Gasteiger partial charge in [0.1, 0.15) is 18.5 Å². The first-order valence-corrected chi connectivity index (χ1v) is 8.81. The van der Waals surface area contributed by atoms with Crippen molar-refractivity contribution >= 4 is 6.21 Å². The SMILES string of the molecule is CC(C)(C)[N+]1(C2(Oc3ccccc3)CCCCC2)C=CN=CC1. The number of ether oxygens (including phenoxy) is 1. The van der Waals surface area contributed by atoms with Crippen LogP contribution in [0.15, 0.2) is 47.7 Å². The maximum absolute atomic E-state index is 6.77. The zero-order chi connectivity index (χ0) is 16.4. The molecule has 2 aliphatic rings. The zero-order valence-electron chi connectivity index (χ0n) is 14.7. The predicted octanol–water partition coefficient (Wildman–Crippen LogP) is 4.90. The molecule has 1 unspecified atom stereocenters. The largest absolute Gasteiger partial charge is 0.440 e. The summed E-state index contributed by atoms with van der Waals surface area (Å²) < 4.78 is 7.59. The molecular formula is C20H29N2O+. The average Bonchev–Trinajstić information content (AvgIpc) is 2.56. The van der Waals surface area contributed by atoms with Crippen molar-refractivity contribution in [3.05, 3.63) is 42.7 Å². The maximum Gasteiger partial charge on any atom is 0.248 e. The summed E-state index contributed by atoms with van der Waals surface area (Å²) in [6, 6.07) is 10.3. The molecule has 1 saturated carbocycles. The second-order valence-corrected chi connectivity index (χ2v) is 7.77. The second kappa shape index (κ2) is 6.12. The quantitative estimate of drug-likeness (QED) is 0.728. The number of benzene rings is 1. The molecule has 124 valence electrons. The fourth-order valence-corrected chi connectivity index (χ4v) is 4.26. The Morgan fingerprint density at radius 3 is 2.30 bits per heavy atom. The first-order chi connectivity index (χ1) is 11.0. The van der Waals surface area contributed by atoms with Crippen molar-refractivity contribution in [3.63, 3.8) is 0 Å². The summed E-state index contributed by atoms with van der Waals surface area (Å²) in [4.78, 5) is 4.34. The molecule has 3 heteroatoms. The van der Waals surface area contributed by atoms with E-state index in [4.69, 9.17) is 4.74 Å². The minimum atomic E-state index is -0.208. The number of nitrogens with zero attached hydrogens (tertiary/aromatic N) is 2. The van der Waals surface area contributed by atoms with Gasteiger partial charge in [-0.25, -0.2) is 4.48 Å². The summed E-state index contributed by atoms with van der Waals surface area (Å²) in [6.07, 6.45) is 12.2. The van der Waals surface area contributed by atoms with E-state index >= 15 is 0 Å². The molecule has 3 nitrogen and oxygen atoms in total. The lowest BCUT2D eigenvalue weighted by Gasteiger charge is -2.58. The lowest BCUT2D eigenvalue weighted by molar-refractivity contribution is -0.986. The van der Waals surface area contributed by atoms with Crippen LogP contribution in [0.25, 0.3) is 0 Å². The van der Waals surface area contributed by atoms with Crippen LogP contribution in [0.1, 0.15) is 52.9 Å². The molecule has 0 radical (unpaired) electrons. The standard InChI is InChI=1S/C20H29N2O/c1-19(2,3)22(16-14-21-15-17-22)20(12-8-5-9-13-20)23-18-10-6-4-7-11-18/h4,6-7,10-11,14-16H,5,8-9,12-13,17H2,1-3H3/q+1. The molecule has 0 amide bonds. The number of hydrogen-bond acceptors (Lipinski definition) is 2. The third-order valence-corrected chi connectivity index (χ3v) is 5.49. The van der Waals surface area contributed by atoms with Crippen LogP contribution < -0.4 is 4.74 Å². The first kappa shape index (κ1) is 16.3. The minimum Gasteiger partial charge on any atom is -0.440 e. The van der Waals surface area contributed by atoms with E-state index in [1.807, 2.05) is 12.3 Å². The molecule has 1 atom stereocenters. The Morgan fingerprint density at radius 1 is 1.04 bits per heavy atom. The third kappa shape index (κ3) is 2.83.